The molecule has 0 saturated carbocycles. The van der Waals surface area contributed by atoms with Crippen LogP contribution in [0.3, 0.4) is 0 Å². The number of carbonyl (C=O) groups excluding carboxylic acids is 1. The molecular formula is C20H27NOS. The Morgan fingerprint density at radius 1 is 1.17 bits per heavy atom. The number of benzene rings is 1. The summed E-state index contributed by atoms with van der Waals surface area (Å²) in [7, 11) is 0. The number of aryl methyl sites for hydroxylation is 1. The van der Waals surface area contributed by atoms with Crippen molar-refractivity contribution >= 4 is 17.2 Å². The van der Waals surface area contributed by atoms with Crippen molar-refractivity contribution in [3.63, 3.8) is 0 Å². The number of nitrogens with one attached hydrogen (secondary N) is 1. The van der Waals surface area contributed by atoms with Gasteiger partial charge in [-0.15, -0.1) is 11.3 Å². The van der Waals surface area contributed by atoms with Crippen LogP contribution >= 0.6 is 11.3 Å². The van der Waals surface area contributed by atoms with Crippen LogP contribution in [0.2, 0.25) is 0 Å². The zero-order valence-electron chi connectivity index (χ0n) is 14.8. The monoisotopic (exact) mass is 329 g/mol. The Labute approximate surface area is 143 Å². The van der Waals surface area contributed by atoms with E-state index in [1.807, 2.05) is 11.4 Å². The lowest BCUT2D eigenvalue weighted by Gasteiger charge is -2.21. The SMILES string of the molecule is CCc1cc(C(=O)NC(CC)c2ccc(C(C)(C)C)cc2)cs1. The molecule has 3 heteroatoms. The molecule has 0 aliphatic heterocycles. The zero-order valence-corrected chi connectivity index (χ0v) is 15.6. The van der Waals surface area contributed by atoms with Crippen molar-refractivity contribution in [1.82, 2.24) is 5.32 Å². The maximum Gasteiger partial charge on any atom is 0.252 e. The Bertz CT molecular complexity index is 649. The first kappa shape index (κ1) is 17.7. The third kappa shape index (κ3) is 4.44. The van der Waals surface area contributed by atoms with E-state index in [4.69, 9.17) is 0 Å². The van der Waals surface area contributed by atoms with Gasteiger partial charge in [0.1, 0.15) is 0 Å². The van der Waals surface area contributed by atoms with E-state index in [9.17, 15) is 4.79 Å². The van der Waals surface area contributed by atoms with E-state index < -0.39 is 0 Å². The summed E-state index contributed by atoms with van der Waals surface area (Å²) in [4.78, 5) is 13.7. The fourth-order valence-corrected chi connectivity index (χ4v) is 3.38. The van der Waals surface area contributed by atoms with Crippen LogP contribution in [-0.2, 0) is 11.8 Å². The van der Waals surface area contributed by atoms with Gasteiger partial charge in [0.05, 0.1) is 11.6 Å². The number of carbonyl (C=O) groups is 1. The maximum absolute atomic E-state index is 12.4. The minimum absolute atomic E-state index is 0.0210. The fraction of sp³-hybridized carbons (Fsp3) is 0.450. The molecule has 23 heavy (non-hydrogen) atoms. The molecular weight excluding hydrogens is 302 g/mol. The van der Waals surface area contributed by atoms with Gasteiger partial charge >= 0.3 is 0 Å². The van der Waals surface area contributed by atoms with Crippen LogP contribution in [0.5, 0.6) is 0 Å². The molecule has 0 radical (unpaired) electrons. The van der Waals surface area contributed by atoms with E-state index in [0.717, 1.165) is 18.4 Å². The van der Waals surface area contributed by atoms with Crippen LogP contribution in [0.1, 0.15) is 73.4 Å². The maximum atomic E-state index is 12.4. The van der Waals surface area contributed by atoms with Gasteiger partial charge in [0.15, 0.2) is 0 Å². The van der Waals surface area contributed by atoms with E-state index in [1.54, 1.807) is 11.3 Å². The number of hydrogen-bond donors (Lipinski definition) is 1. The van der Waals surface area contributed by atoms with E-state index in [1.165, 1.54) is 16.0 Å². The molecule has 1 heterocycles. The number of thiophene rings is 1. The zero-order chi connectivity index (χ0) is 17.0. The van der Waals surface area contributed by atoms with Crippen molar-refractivity contribution in [1.29, 1.82) is 0 Å². The summed E-state index contributed by atoms with van der Waals surface area (Å²) in [6.45, 7) is 10.8. The van der Waals surface area contributed by atoms with Crippen LogP contribution < -0.4 is 5.32 Å². The van der Waals surface area contributed by atoms with Gasteiger partial charge in [-0.1, -0.05) is 58.9 Å². The molecule has 1 amide bonds. The molecule has 0 saturated heterocycles. The number of hydrogen-bond acceptors (Lipinski definition) is 2. The Kier molecular flexibility index (Phi) is 5.64. The highest BCUT2D eigenvalue weighted by Gasteiger charge is 2.17. The largest absolute Gasteiger partial charge is 0.345 e. The van der Waals surface area contributed by atoms with Gasteiger partial charge in [-0.05, 0) is 35.4 Å². The molecule has 0 aliphatic carbocycles. The minimum atomic E-state index is 0.0210. The van der Waals surface area contributed by atoms with Gasteiger partial charge in [0.25, 0.3) is 5.91 Å². The molecule has 1 aromatic carbocycles. The second-order valence-corrected chi connectivity index (χ2v) is 7.96. The molecule has 2 aromatic rings. The van der Waals surface area contributed by atoms with E-state index >= 15 is 0 Å². The van der Waals surface area contributed by atoms with Crippen LogP contribution in [0.15, 0.2) is 35.7 Å². The molecule has 0 bridgehead atoms. The Morgan fingerprint density at radius 3 is 2.30 bits per heavy atom. The first-order chi connectivity index (χ1) is 10.8. The highest BCUT2D eigenvalue weighted by molar-refractivity contribution is 7.10. The van der Waals surface area contributed by atoms with E-state index in [0.29, 0.717) is 0 Å². The molecule has 0 spiro atoms. The summed E-state index contributed by atoms with van der Waals surface area (Å²) in [5.41, 5.74) is 3.40. The smallest absolute Gasteiger partial charge is 0.252 e. The summed E-state index contributed by atoms with van der Waals surface area (Å²) in [6, 6.07) is 10.7. The van der Waals surface area contributed by atoms with Gasteiger partial charge in [-0.25, -0.2) is 0 Å². The van der Waals surface area contributed by atoms with Crippen molar-refractivity contribution < 1.29 is 4.79 Å². The lowest BCUT2D eigenvalue weighted by Crippen LogP contribution is -2.27. The van der Waals surface area contributed by atoms with Crippen LogP contribution in [0.4, 0.5) is 0 Å². The highest BCUT2D eigenvalue weighted by atomic mass is 32.1. The predicted octanol–water partition coefficient (Wildman–Crippen LogP) is 5.49. The second-order valence-electron chi connectivity index (χ2n) is 6.96. The third-order valence-corrected chi connectivity index (χ3v) is 5.24. The molecule has 0 fully saturated rings. The summed E-state index contributed by atoms with van der Waals surface area (Å²) < 4.78 is 0. The molecule has 1 unspecified atom stereocenters. The van der Waals surface area contributed by atoms with Crippen molar-refractivity contribution in [3.05, 3.63) is 57.3 Å². The lowest BCUT2D eigenvalue weighted by atomic mass is 9.86. The van der Waals surface area contributed by atoms with Crippen LogP contribution in [-0.4, -0.2) is 5.91 Å². The first-order valence-corrected chi connectivity index (χ1v) is 9.21. The Morgan fingerprint density at radius 2 is 1.83 bits per heavy atom. The molecule has 2 rings (SSSR count). The lowest BCUT2D eigenvalue weighted by molar-refractivity contribution is 0.0936. The molecule has 0 aliphatic rings. The average molecular weight is 330 g/mol. The molecule has 2 nitrogen and oxygen atoms in total. The van der Waals surface area contributed by atoms with E-state index in [-0.39, 0.29) is 17.4 Å². The molecule has 1 atom stereocenters. The number of rotatable bonds is 5. The van der Waals surface area contributed by atoms with Crippen molar-refractivity contribution in [3.8, 4) is 0 Å². The summed E-state index contributed by atoms with van der Waals surface area (Å²) in [5, 5.41) is 5.11. The van der Waals surface area contributed by atoms with Crippen LogP contribution in [0.25, 0.3) is 0 Å². The summed E-state index contributed by atoms with van der Waals surface area (Å²) in [6.07, 6.45) is 1.86. The summed E-state index contributed by atoms with van der Waals surface area (Å²) in [5.74, 6) is 0.0210. The minimum Gasteiger partial charge on any atom is -0.345 e. The van der Waals surface area contributed by atoms with Crippen molar-refractivity contribution in [2.24, 2.45) is 0 Å². The van der Waals surface area contributed by atoms with E-state index in [2.05, 4.69) is 64.2 Å². The van der Waals surface area contributed by atoms with Gasteiger partial charge in [-0.3, -0.25) is 4.79 Å². The average Bonchev–Trinajstić information content (AvgIpc) is 3.01. The quantitative estimate of drug-likeness (QED) is 0.772. The van der Waals surface area contributed by atoms with Crippen molar-refractivity contribution in [2.45, 2.75) is 58.9 Å². The Hall–Kier alpha value is -1.61. The van der Waals surface area contributed by atoms with Crippen LogP contribution in [0, 0.1) is 0 Å². The van der Waals surface area contributed by atoms with Crippen molar-refractivity contribution in [2.75, 3.05) is 0 Å². The fourth-order valence-electron chi connectivity index (χ4n) is 2.56. The Balaban J connectivity index is 2.11. The normalized spacial score (nSPS) is 12.9. The van der Waals surface area contributed by atoms with Gasteiger partial charge < -0.3 is 5.32 Å². The van der Waals surface area contributed by atoms with Gasteiger partial charge in [0.2, 0.25) is 0 Å². The first-order valence-electron chi connectivity index (χ1n) is 8.33. The second kappa shape index (κ2) is 7.31. The summed E-state index contributed by atoms with van der Waals surface area (Å²) >= 11 is 1.65. The predicted molar refractivity (Wildman–Crippen MR) is 99.3 cm³/mol. The number of amides is 1. The highest BCUT2D eigenvalue weighted by Crippen LogP contribution is 2.25. The molecule has 1 aromatic heterocycles. The van der Waals surface area contributed by atoms with Gasteiger partial charge in [0, 0.05) is 10.3 Å². The van der Waals surface area contributed by atoms with Gasteiger partial charge in [-0.2, -0.15) is 0 Å². The molecule has 1 N–H and O–H groups in total. The topological polar surface area (TPSA) is 29.1 Å². The standard InChI is InChI=1S/C20H27NOS/c1-6-17-12-15(13-23-17)19(22)21-18(7-2)14-8-10-16(11-9-14)20(3,4)5/h8-13,18H,6-7H2,1-5H3,(H,21,22). The third-order valence-electron chi connectivity index (χ3n) is 4.16. The molecule has 124 valence electrons.